The van der Waals surface area contributed by atoms with Gasteiger partial charge in [-0.2, -0.15) is 0 Å². The van der Waals surface area contributed by atoms with Gasteiger partial charge >= 0.3 is 47.8 Å². The molecule has 0 saturated heterocycles. The lowest BCUT2D eigenvalue weighted by atomic mass is 10.1. The molecule has 0 aromatic heterocycles. The molecule has 0 aromatic rings. The quantitative estimate of drug-likeness (QED) is 0.0285. The van der Waals surface area contributed by atoms with Gasteiger partial charge in [-0.05, 0) is 27.2 Å². The number of aliphatic carboxylic acids is 8. The van der Waals surface area contributed by atoms with E-state index in [2.05, 4.69) is 0 Å². The molecule has 9 amide bonds. The van der Waals surface area contributed by atoms with Crippen molar-refractivity contribution in [2.24, 2.45) is 5.73 Å². The minimum atomic E-state index is -2.28. The fourth-order valence-corrected chi connectivity index (χ4v) is 5.58. The summed E-state index contributed by atoms with van der Waals surface area (Å²) in [6.45, 7) is 2.90. The molecule has 0 aromatic carbocycles. The van der Waals surface area contributed by atoms with Crippen molar-refractivity contribution in [2.45, 2.75) is 133 Å². The summed E-state index contributed by atoms with van der Waals surface area (Å²) >= 11 is 0. The van der Waals surface area contributed by atoms with E-state index in [-0.39, 0.29) is 0 Å². The number of hydrogen-bond acceptors (Lipinski definition) is 18. The lowest BCUT2D eigenvalue weighted by Gasteiger charge is -2.26. The summed E-state index contributed by atoms with van der Waals surface area (Å²) in [6, 6.07) is -19.4. The lowest BCUT2D eigenvalue weighted by molar-refractivity contribution is -0.148. The monoisotopic (exact) mass is 1050 g/mol. The smallest absolute Gasteiger partial charge is 0.326 e. The number of rotatable bonds is 34. The van der Waals surface area contributed by atoms with Gasteiger partial charge in [-0.15, -0.1) is 0 Å². The van der Waals surface area contributed by atoms with Gasteiger partial charge in [0.05, 0.1) is 44.6 Å². The Labute approximate surface area is 409 Å². The molecule has 0 aliphatic carbocycles. The summed E-state index contributed by atoms with van der Waals surface area (Å²) in [6.07, 6.45) is -8.75. The van der Waals surface area contributed by atoms with Gasteiger partial charge in [0.1, 0.15) is 54.4 Å². The molecular weight excluding hydrogens is 996 g/mol. The van der Waals surface area contributed by atoms with E-state index in [1.54, 1.807) is 5.32 Å². The average Bonchev–Trinajstić information content (AvgIpc) is 3.24. The van der Waals surface area contributed by atoms with Crippen LogP contribution in [0.1, 0.15) is 72.1 Å². The van der Waals surface area contributed by atoms with E-state index in [9.17, 15) is 112 Å². The molecule has 0 heterocycles. The van der Waals surface area contributed by atoms with Crippen LogP contribution in [0.25, 0.3) is 0 Å². The molecule has 35 heteroatoms. The summed E-state index contributed by atoms with van der Waals surface area (Å²) in [4.78, 5) is 208. The Morgan fingerprint density at radius 1 is 0.301 bits per heavy atom. The van der Waals surface area contributed by atoms with Crippen LogP contribution in [0.4, 0.5) is 0 Å². The van der Waals surface area contributed by atoms with Crippen LogP contribution in [-0.4, -0.2) is 202 Å². The maximum absolute atomic E-state index is 13.5. The Kier molecular flexibility index (Phi) is 26.7. The molecule has 10 atom stereocenters. The van der Waals surface area contributed by atoms with Crippen molar-refractivity contribution in [3.05, 3.63) is 0 Å². The molecule has 0 rings (SSSR count). The number of hydrogen-bond donors (Lipinski definition) is 18. The van der Waals surface area contributed by atoms with Gasteiger partial charge < -0.3 is 94.4 Å². The molecule has 73 heavy (non-hydrogen) atoms. The summed E-state index contributed by atoms with van der Waals surface area (Å²) < 4.78 is 0. The maximum Gasteiger partial charge on any atom is 0.326 e. The van der Waals surface area contributed by atoms with E-state index in [1.807, 2.05) is 42.5 Å². The van der Waals surface area contributed by atoms with Crippen LogP contribution in [0.3, 0.4) is 0 Å². The number of carboxylic acids is 8. The minimum Gasteiger partial charge on any atom is -0.481 e. The Bertz CT molecular complexity index is 2190. The molecule has 35 nitrogen and oxygen atoms in total. The molecular formula is C38H54N10O25. The second kappa shape index (κ2) is 30.5. The van der Waals surface area contributed by atoms with Gasteiger partial charge in [-0.1, -0.05) is 0 Å². The standard InChI is InChI=1S/C38H54N10O25/c1-12(40-32(66)15(39)6-23(51)52)29(63)44-17(7-24(53)54)34(68)42-14(3)31(65)45-18(8-25(55)56)36(70)47-20(10-27(59)60)35(69)43-16(4-5-22(49)50)33(67)41-13(2)30(64)46-19(9-26(57)58)37(71)48-21(38(72)73)11-28(61)62/h12-21H,4-11,39H2,1-3H3,(H,40,66)(H,41,67)(H,42,68)(H,43,69)(H,44,63)(H,45,65)(H,46,64)(H,47,70)(H,48,71)(H,49,50)(H,51,52)(H,53,54)(H,55,56)(H,57,58)(H,59,60)(H,61,62)(H,72,73)/t12-,13-,14-,15-,16-,17-,18-,19-,20-,21-/m0/s1. The first-order valence-electron chi connectivity index (χ1n) is 20.9. The lowest BCUT2D eigenvalue weighted by Crippen LogP contribution is -2.60. The van der Waals surface area contributed by atoms with Gasteiger partial charge in [0.2, 0.25) is 53.2 Å². The maximum atomic E-state index is 13.5. The Balaban J connectivity index is 6.30. The van der Waals surface area contributed by atoms with Crippen LogP contribution < -0.4 is 53.6 Å². The van der Waals surface area contributed by atoms with Crippen LogP contribution in [0, 0.1) is 0 Å². The summed E-state index contributed by atoms with van der Waals surface area (Å²) in [7, 11) is 0. The zero-order chi connectivity index (χ0) is 56.6. The molecule has 0 saturated carbocycles. The highest BCUT2D eigenvalue weighted by atomic mass is 16.4. The molecule has 406 valence electrons. The van der Waals surface area contributed by atoms with Crippen LogP contribution in [0.5, 0.6) is 0 Å². The molecule has 0 spiro atoms. The Morgan fingerprint density at radius 2 is 0.534 bits per heavy atom. The van der Waals surface area contributed by atoms with E-state index < -0.39 is 213 Å². The first-order chi connectivity index (χ1) is 33.6. The van der Waals surface area contributed by atoms with Gasteiger partial charge in [0.15, 0.2) is 0 Å². The van der Waals surface area contributed by atoms with Crippen molar-refractivity contribution in [3.8, 4) is 0 Å². The first kappa shape index (κ1) is 64.0. The SMILES string of the molecule is C[C@H](NC(=O)[C@H](CC(=O)O)NC(=O)[C@H](C)NC(=O)[C@@H](N)CC(=O)O)C(=O)N[C@@H](CC(=O)O)C(=O)N[C@@H](CC(=O)O)C(=O)N[C@@H](CCC(=O)O)C(=O)N[C@@H](C)C(=O)N[C@@H](CC(=O)O)C(=O)N[C@@H](CC(=O)O)C(=O)O. The average molecular weight is 1050 g/mol. The fraction of sp³-hybridized carbons (Fsp3) is 0.553. The van der Waals surface area contributed by atoms with Crippen LogP contribution in [0.15, 0.2) is 0 Å². The predicted molar refractivity (Wildman–Crippen MR) is 230 cm³/mol. The normalized spacial score (nSPS) is 14.7. The molecule has 0 fully saturated rings. The van der Waals surface area contributed by atoms with E-state index in [0.29, 0.717) is 0 Å². The Hall–Kier alpha value is -9.05. The minimum absolute atomic E-state index is 0.823. The first-order valence-corrected chi connectivity index (χ1v) is 20.9. The number of carboxylic acid groups (broad SMARTS) is 8. The van der Waals surface area contributed by atoms with Crippen LogP contribution >= 0.6 is 0 Å². The number of amides is 9. The van der Waals surface area contributed by atoms with E-state index in [0.717, 1.165) is 20.8 Å². The van der Waals surface area contributed by atoms with Crippen molar-refractivity contribution >= 4 is 101 Å². The van der Waals surface area contributed by atoms with Gasteiger partial charge in [0, 0.05) is 6.42 Å². The summed E-state index contributed by atoms with van der Waals surface area (Å²) in [5, 5.41) is 91.1. The van der Waals surface area contributed by atoms with Crippen molar-refractivity contribution < 1.29 is 122 Å². The summed E-state index contributed by atoms with van der Waals surface area (Å²) in [5.41, 5.74) is 5.43. The highest BCUT2D eigenvalue weighted by Crippen LogP contribution is 2.06. The fourth-order valence-electron chi connectivity index (χ4n) is 5.58. The van der Waals surface area contributed by atoms with E-state index in [1.165, 1.54) is 0 Å². The summed E-state index contributed by atoms with van der Waals surface area (Å²) in [5.74, 6) is -26.1. The number of nitrogens with two attached hydrogens (primary N) is 1. The van der Waals surface area contributed by atoms with Crippen molar-refractivity contribution in [2.75, 3.05) is 0 Å². The number of carbonyl (C=O) groups is 17. The second-order valence-corrected chi connectivity index (χ2v) is 15.5. The topological polar surface area (TPSA) is 586 Å². The van der Waals surface area contributed by atoms with Crippen molar-refractivity contribution in [1.29, 1.82) is 0 Å². The van der Waals surface area contributed by atoms with E-state index in [4.69, 9.17) is 15.9 Å². The highest BCUT2D eigenvalue weighted by Gasteiger charge is 2.36. The molecule has 0 unspecified atom stereocenters. The van der Waals surface area contributed by atoms with Gasteiger partial charge in [0.25, 0.3) is 0 Å². The molecule has 0 aliphatic heterocycles. The zero-order valence-electron chi connectivity index (χ0n) is 38.5. The molecule has 0 radical (unpaired) electrons. The number of carbonyl (C=O) groups excluding carboxylic acids is 9. The largest absolute Gasteiger partial charge is 0.481 e. The molecule has 0 aliphatic rings. The zero-order valence-corrected chi connectivity index (χ0v) is 38.5. The number of nitrogens with one attached hydrogen (secondary N) is 9. The molecule has 19 N–H and O–H groups in total. The van der Waals surface area contributed by atoms with Gasteiger partial charge in [-0.3, -0.25) is 76.7 Å². The van der Waals surface area contributed by atoms with Crippen molar-refractivity contribution in [3.63, 3.8) is 0 Å². The third-order valence-electron chi connectivity index (χ3n) is 9.31. The predicted octanol–water partition coefficient (Wildman–Crippen LogP) is -8.47. The van der Waals surface area contributed by atoms with Crippen LogP contribution in [-0.2, 0) is 81.5 Å². The van der Waals surface area contributed by atoms with Gasteiger partial charge in [-0.25, -0.2) is 4.79 Å². The highest BCUT2D eigenvalue weighted by molar-refractivity contribution is 6.00. The van der Waals surface area contributed by atoms with E-state index >= 15 is 0 Å². The second-order valence-electron chi connectivity index (χ2n) is 15.5. The van der Waals surface area contributed by atoms with Crippen molar-refractivity contribution in [1.82, 2.24) is 47.9 Å². The van der Waals surface area contributed by atoms with Crippen LogP contribution in [0.2, 0.25) is 0 Å². The Morgan fingerprint density at radius 3 is 0.822 bits per heavy atom. The third-order valence-corrected chi connectivity index (χ3v) is 9.31. The molecule has 0 bridgehead atoms. The third kappa shape index (κ3) is 25.4.